The molecule has 0 atom stereocenters. The third-order valence-electron chi connectivity index (χ3n) is 5.62. The molecular weight excluding hydrogens is 392 g/mol. The lowest BCUT2D eigenvalue weighted by molar-refractivity contribution is 0.102. The number of rotatable bonds is 3. The lowest BCUT2D eigenvalue weighted by Crippen LogP contribution is -2.17. The van der Waals surface area contributed by atoms with Gasteiger partial charge >= 0.3 is 0 Å². The largest absolute Gasteiger partial charge is 0.306 e. The average molecular weight is 417 g/mol. The Morgan fingerprint density at radius 2 is 1.83 bits per heavy atom. The smallest absolute Gasteiger partial charge is 0.256 e. The molecule has 6 heteroatoms. The average Bonchev–Trinajstić information content (AvgIpc) is 3.42. The van der Waals surface area contributed by atoms with Crippen molar-refractivity contribution >= 4 is 33.3 Å². The number of anilines is 1. The van der Waals surface area contributed by atoms with E-state index in [0.717, 1.165) is 51.7 Å². The van der Waals surface area contributed by atoms with Crippen LogP contribution < -0.4 is 5.32 Å². The van der Waals surface area contributed by atoms with Crippen LogP contribution in [0.25, 0.3) is 15.3 Å². The van der Waals surface area contributed by atoms with E-state index in [9.17, 15) is 4.79 Å². The highest BCUT2D eigenvalue weighted by Crippen LogP contribution is 2.34. The first-order valence-electron chi connectivity index (χ1n) is 10.3. The molecule has 0 bridgehead atoms. The van der Waals surface area contributed by atoms with Gasteiger partial charge in [0.2, 0.25) is 5.13 Å². The lowest BCUT2D eigenvalue weighted by atomic mass is 9.87. The summed E-state index contributed by atoms with van der Waals surface area (Å²) in [5.41, 5.74) is 5.05. The van der Waals surface area contributed by atoms with Crippen molar-refractivity contribution in [1.29, 1.82) is 0 Å². The second-order valence-electron chi connectivity index (χ2n) is 8.78. The Balaban J connectivity index is 1.50. The number of carbonyl (C=O) groups is 1. The number of para-hydroxylation sites is 1. The summed E-state index contributed by atoms with van der Waals surface area (Å²) in [4.78, 5) is 17.8. The van der Waals surface area contributed by atoms with Crippen LogP contribution in [0.5, 0.6) is 0 Å². The maximum Gasteiger partial charge on any atom is 0.256 e. The van der Waals surface area contributed by atoms with Gasteiger partial charge in [0.1, 0.15) is 5.82 Å². The molecule has 152 valence electrons. The first-order valence-corrected chi connectivity index (χ1v) is 11.1. The van der Waals surface area contributed by atoms with Crippen LogP contribution in [-0.2, 0) is 18.3 Å². The Morgan fingerprint density at radius 1 is 1.07 bits per heavy atom. The fourth-order valence-electron chi connectivity index (χ4n) is 3.91. The minimum atomic E-state index is -0.118. The molecule has 0 spiro atoms. The van der Waals surface area contributed by atoms with Gasteiger partial charge < -0.3 is 5.32 Å². The van der Waals surface area contributed by atoms with Gasteiger partial charge in [-0.05, 0) is 54.5 Å². The third-order valence-corrected chi connectivity index (χ3v) is 6.63. The van der Waals surface area contributed by atoms with Crippen molar-refractivity contribution in [1.82, 2.24) is 14.8 Å². The van der Waals surface area contributed by atoms with Crippen molar-refractivity contribution in [3.05, 3.63) is 70.9 Å². The Labute approximate surface area is 179 Å². The summed E-state index contributed by atoms with van der Waals surface area (Å²) in [5, 5.41) is 8.72. The van der Waals surface area contributed by atoms with Crippen molar-refractivity contribution < 1.29 is 4.79 Å². The molecular formula is C24H24N4OS. The van der Waals surface area contributed by atoms with Crippen LogP contribution in [0.15, 0.2) is 48.5 Å². The van der Waals surface area contributed by atoms with Crippen molar-refractivity contribution in [2.75, 3.05) is 5.32 Å². The van der Waals surface area contributed by atoms with Gasteiger partial charge in [-0.15, -0.1) is 0 Å². The highest BCUT2D eigenvalue weighted by atomic mass is 32.1. The molecule has 0 saturated carbocycles. The molecule has 2 aromatic heterocycles. The minimum absolute atomic E-state index is 0.0568. The normalized spacial score (nSPS) is 13.6. The molecule has 0 saturated heterocycles. The second kappa shape index (κ2) is 7.06. The number of aromatic nitrogens is 3. The molecule has 0 fully saturated rings. The van der Waals surface area contributed by atoms with Gasteiger partial charge in [0, 0.05) is 11.1 Å². The molecule has 30 heavy (non-hydrogen) atoms. The zero-order valence-corrected chi connectivity index (χ0v) is 18.2. The lowest BCUT2D eigenvalue weighted by Gasteiger charge is -2.19. The predicted molar refractivity (Wildman–Crippen MR) is 122 cm³/mol. The molecule has 4 aromatic rings. The zero-order valence-electron chi connectivity index (χ0n) is 17.4. The number of aryl methyl sites for hydroxylation is 1. The fraction of sp³-hybridized carbons (Fsp3) is 0.292. The van der Waals surface area contributed by atoms with Gasteiger partial charge in [-0.25, -0.2) is 4.98 Å². The summed E-state index contributed by atoms with van der Waals surface area (Å²) in [5.74, 6) is 0.638. The van der Waals surface area contributed by atoms with Crippen LogP contribution in [-0.4, -0.2) is 20.7 Å². The zero-order chi connectivity index (χ0) is 20.9. The van der Waals surface area contributed by atoms with Gasteiger partial charge in [0.15, 0.2) is 0 Å². The quantitative estimate of drug-likeness (QED) is 0.478. The first kappa shape index (κ1) is 19.0. The third kappa shape index (κ3) is 3.31. The molecule has 0 aliphatic heterocycles. The van der Waals surface area contributed by atoms with Gasteiger partial charge in [0.25, 0.3) is 5.91 Å². The molecule has 2 heterocycles. The summed E-state index contributed by atoms with van der Waals surface area (Å²) in [6, 6.07) is 15.9. The van der Waals surface area contributed by atoms with E-state index >= 15 is 0 Å². The Morgan fingerprint density at radius 3 is 2.57 bits per heavy atom. The van der Waals surface area contributed by atoms with E-state index in [0.29, 0.717) is 5.56 Å². The van der Waals surface area contributed by atoms with E-state index in [4.69, 9.17) is 10.1 Å². The van der Waals surface area contributed by atoms with Gasteiger partial charge in [-0.2, -0.15) is 9.78 Å². The highest BCUT2D eigenvalue weighted by molar-refractivity contribution is 7.20. The minimum Gasteiger partial charge on any atom is -0.306 e. The Kier molecular flexibility index (Phi) is 4.47. The number of benzene rings is 2. The van der Waals surface area contributed by atoms with Crippen molar-refractivity contribution in [2.45, 2.75) is 45.4 Å². The second-order valence-corrected chi connectivity index (χ2v) is 9.79. The maximum absolute atomic E-state index is 13.1. The van der Waals surface area contributed by atoms with Crippen LogP contribution in [0, 0.1) is 0 Å². The summed E-state index contributed by atoms with van der Waals surface area (Å²) in [6.07, 6.45) is 2.94. The van der Waals surface area contributed by atoms with E-state index in [1.807, 2.05) is 47.1 Å². The predicted octanol–water partition coefficient (Wildman–Crippen LogP) is 5.52. The molecule has 5 nitrogen and oxygen atoms in total. The fourth-order valence-corrected chi connectivity index (χ4v) is 4.83. The van der Waals surface area contributed by atoms with E-state index in [-0.39, 0.29) is 11.3 Å². The van der Waals surface area contributed by atoms with E-state index < -0.39 is 0 Å². The van der Waals surface area contributed by atoms with Crippen molar-refractivity contribution in [3.63, 3.8) is 0 Å². The number of thiazole rings is 1. The molecule has 5 rings (SSSR count). The topological polar surface area (TPSA) is 59.8 Å². The molecule has 0 unspecified atom stereocenters. The summed E-state index contributed by atoms with van der Waals surface area (Å²) in [6.45, 7) is 6.51. The van der Waals surface area contributed by atoms with E-state index in [2.05, 4.69) is 32.2 Å². The van der Waals surface area contributed by atoms with E-state index in [1.54, 1.807) is 11.3 Å². The number of hydrogen-bond acceptors (Lipinski definition) is 4. The molecule has 1 aliphatic rings. The molecule has 0 radical (unpaired) electrons. The number of nitrogens with one attached hydrogen (secondary N) is 1. The van der Waals surface area contributed by atoms with Gasteiger partial charge in [-0.3, -0.25) is 4.79 Å². The van der Waals surface area contributed by atoms with Gasteiger partial charge in [0.05, 0.1) is 15.9 Å². The Hall–Kier alpha value is -2.99. The number of carbonyl (C=O) groups excluding carboxylic acids is 1. The first-order chi connectivity index (χ1) is 14.4. The molecule has 1 aliphatic carbocycles. The summed E-state index contributed by atoms with van der Waals surface area (Å²) >= 11 is 1.59. The number of nitrogens with zero attached hydrogens (tertiary/aromatic N) is 3. The van der Waals surface area contributed by atoms with Gasteiger partial charge in [-0.1, -0.05) is 56.4 Å². The van der Waals surface area contributed by atoms with Crippen LogP contribution in [0.4, 0.5) is 5.82 Å². The number of fused-ring (bicyclic) bond motifs is 2. The number of hydrogen-bond donors (Lipinski definition) is 1. The van der Waals surface area contributed by atoms with Crippen LogP contribution >= 0.6 is 11.3 Å². The summed E-state index contributed by atoms with van der Waals surface area (Å²) in [7, 11) is 0. The molecule has 2 aromatic carbocycles. The standard InChI is InChI=1S/C24H24N4OS/c1-24(2,3)16-13-11-15(12-14-16)22(29)26-21-17-7-6-9-18(17)27-28(21)23-25-19-8-4-5-10-20(19)30-23/h4-5,8,10-14H,6-7,9H2,1-3H3,(H,26,29). The SMILES string of the molecule is CC(C)(C)c1ccc(C(=O)Nc2c3c(nn2-c2nc4ccccc4s2)CCC3)cc1. The Bertz CT molecular complexity index is 1210. The van der Waals surface area contributed by atoms with E-state index in [1.165, 1.54) is 5.56 Å². The maximum atomic E-state index is 13.1. The van der Waals surface area contributed by atoms with Crippen LogP contribution in [0.3, 0.4) is 0 Å². The highest BCUT2D eigenvalue weighted by Gasteiger charge is 2.26. The summed E-state index contributed by atoms with van der Waals surface area (Å²) < 4.78 is 2.92. The van der Waals surface area contributed by atoms with Crippen LogP contribution in [0.2, 0.25) is 0 Å². The molecule has 1 amide bonds. The number of amides is 1. The molecule has 1 N–H and O–H groups in total. The van der Waals surface area contributed by atoms with Crippen molar-refractivity contribution in [3.8, 4) is 5.13 Å². The monoisotopic (exact) mass is 416 g/mol. The van der Waals surface area contributed by atoms with Crippen LogP contribution in [0.1, 0.15) is 54.4 Å². The van der Waals surface area contributed by atoms with Crippen molar-refractivity contribution in [2.24, 2.45) is 0 Å².